The van der Waals surface area contributed by atoms with Gasteiger partial charge in [0.1, 0.15) is 0 Å². The monoisotopic (exact) mass is 322 g/mol. The summed E-state index contributed by atoms with van der Waals surface area (Å²) in [6.45, 7) is 6.31. The first-order valence-corrected chi connectivity index (χ1v) is 7.39. The Morgan fingerprint density at radius 2 is 1.90 bits per heavy atom. The minimum atomic E-state index is -0.0473. The molecule has 2 heterocycles. The van der Waals surface area contributed by atoms with E-state index in [0.717, 1.165) is 16.9 Å². The summed E-state index contributed by atoms with van der Waals surface area (Å²) in [5, 5.41) is 1.21. The molecule has 2 aromatic heterocycles. The number of hydrogen-bond acceptors (Lipinski definition) is 2. The van der Waals surface area contributed by atoms with E-state index in [0.29, 0.717) is 10.0 Å². The average molecular weight is 323 g/mol. The maximum absolute atomic E-state index is 6.25. The Labute approximate surface area is 133 Å². The normalized spacial score (nSPS) is 12.0. The molecule has 0 unspecified atom stereocenters. The first kappa shape index (κ1) is 14.3. The standard InChI is InChI=1S/C15H16Cl2N4/c1-15(2,3)19-21-7-6-14-18-13(9-20(14)21)11-5-4-10(16)8-12(11)17/h4-9,19H,1-3H3. The lowest BCUT2D eigenvalue weighted by atomic mass is 10.1. The molecule has 0 atom stereocenters. The molecule has 0 aliphatic rings. The highest BCUT2D eigenvalue weighted by Gasteiger charge is 2.14. The average Bonchev–Trinajstić information content (AvgIpc) is 2.90. The predicted molar refractivity (Wildman–Crippen MR) is 87.8 cm³/mol. The number of halogens is 2. The van der Waals surface area contributed by atoms with Crippen LogP contribution in [0.2, 0.25) is 10.0 Å². The number of benzene rings is 1. The Morgan fingerprint density at radius 3 is 2.57 bits per heavy atom. The van der Waals surface area contributed by atoms with E-state index in [-0.39, 0.29) is 5.54 Å². The second kappa shape index (κ2) is 4.97. The molecule has 0 aliphatic carbocycles. The van der Waals surface area contributed by atoms with Gasteiger partial charge in [0.15, 0.2) is 5.65 Å². The topological polar surface area (TPSA) is 34.3 Å². The lowest BCUT2D eigenvalue weighted by molar-refractivity contribution is 0.513. The quantitative estimate of drug-likeness (QED) is 0.756. The minimum absolute atomic E-state index is 0.0473. The van der Waals surface area contributed by atoms with Crippen LogP contribution in [0.5, 0.6) is 0 Å². The summed E-state index contributed by atoms with van der Waals surface area (Å²) < 4.78 is 1.95. The molecule has 1 N–H and O–H groups in total. The van der Waals surface area contributed by atoms with Gasteiger partial charge in [-0.1, -0.05) is 23.2 Å². The third-order valence-corrected chi connectivity index (χ3v) is 3.52. The summed E-state index contributed by atoms with van der Waals surface area (Å²) in [4.78, 5) is 6.51. The number of fused-ring (bicyclic) bond motifs is 1. The zero-order valence-electron chi connectivity index (χ0n) is 12.1. The maximum Gasteiger partial charge on any atom is 0.155 e. The molecule has 0 radical (unpaired) electrons. The van der Waals surface area contributed by atoms with Crippen molar-refractivity contribution >= 4 is 28.8 Å². The van der Waals surface area contributed by atoms with Gasteiger partial charge >= 0.3 is 0 Å². The van der Waals surface area contributed by atoms with Crippen molar-refractivity contribution in [2.75, 3.05) is 5.43 Å². The van der Waals surface area contributed by atoms with E-state index in [1.165, 1.54) is 0 Å². The second-order valence-electron chi connectivity index (χ2n) is 5.98. The fraction of sp³-hybridized carbons (Fsp3) is 0.267. The van der Waals surface area contributed by atoms with Gasteiger partial charge in [-0.05, 0) is 39.0 Å². The van der Waals surface area contributed by atoms with Gasteiger partial charge in [-0.15, -0.1) is 0 Å². The summed E-state index contributed by atoms with van der Waals surface area (Å²) in [5.41, 5.74) is 5.87. The van der Waals surface area contributed by atoms with Gasteiger partial charge in [-0.25, -0.2) is 14.3 Å². The van der Waals surface area contributed by atoms with Gasteiger partial charge in [-0.3, -0.25) is 0 Å². The van der Waals surface area contributed by atoms with Crippen LogP contribution < -0.4 is 5.43 Å². The summed E-state index contributed by atoms with van der Waals surface area (Å²) in [7, 11) is 0. The van der Waals surface area contributed by atoms with Gasteiger partial charge < -0.3 is 5.43 Å². The molecule has 0 amide bonds. The Hall–Kier alpha value is -1.65. The van der Waals surface area contributed by atoms with E-state index in [1.54, 1.807) is 6.07 Å². The Morgan fingerprint density at radius 1 is 1.14 bits per heavy atom. The third kappa shape index (κ3) is 2.87. The molecule has 4 nitrogen and oxygen atoms in total. The van der Waals surface area contributed by atoms with Crippen molar-refractivity contribution in [3.63, 3.8) is 0 Å². The first-order chi connectivity index (χ1) is 9.83. The van der Waals surface area contributed by atoms with Crippen molar-refractivity contribution in [2.45, 2.75) is 26.3 Å². The van der Waals surface area contributed by atoms with E-state index in [1.807, 2.05) is 39.9 Å². The van der Waals surface area contributed by atoms with Crippen LogP contribution in [0.15, 0.2) is 36.7 Å². The number of aromatic nitrogens is 3. The van der Waals surface area contributed by atoms with Gasteiger partial charge in [0.25, 0.3) is 0 Å². The first-order valence-electron chi connectivity index (χ1n) is 6.64. The van der Waals surface area contributed by atoms with Crippen molar-refractivity contribution in [1.29, 1.82) is 0 Å². The lowest BCUT2D eigenvalue weighted by Crippen LogP contribution is -2.35. The Kier molecular flexibility index (Phi) is 3.38. The fourth-order valence-corrected chi connectivity index (χ4v) is 2.65. The zero-order chi connectivity index (χ0) is 15.2. The van der Waals surface area contributed by atoms with E-state index >= 15 is 0 Å². The summed E-state index contributed by atoms with van der Waals surface area (Å²) in [6, 6.07) is 7.37. The van der Waals surface area contributed by atoms with E-state index in [4.69, 9.17) is 23.2 Å². The van der Waals surface area contributed by atoms with E-state index in [2.05, 4.69) is 31.2 Å². The molecule has 0 fully saturated rings. The van der Waals surface area contributed by atoms with Crippen molar-refractivity contribution in [3.8, 4) is 11.3 Å². The van der Waals surface area contributed by atoms with Gasteiger partial charge in [0.2, 0.25) is 0 Å². The van der Waals surface area contributed by atoms with Gasteiger partial charge in [0.05, 0.1) is 16.9 Å². The van der Waals surface area contributed by atoms with Crippen LogP contribution in [0.1, 0.15) is 20.8 Å². The molecule has 0 aliphatic heterocycles. The molecular weight excluding hydrogens is 307 g/mol. The number of hydrogen-bond donors (Lipinski definition) is 1. The molecule has 1 aromatic carbocycles. The van der Waals surface area contributed by atoms with Crippen molar-refractivity contribution in [2.24, 2.45) is 0 Å². The van der Waals surface area contributed by atoms with Crippen LogP contribution >= 0.6 is 23.2 Å². The molecule has 0 saturated carbocycles. The maximum atomic E-state index is 6.25. The number of nitrogens with zero attached hydrogens (tertiary/aromatic N) is 3. The van der Waals surface area contributed by atoms with E-state index in [9.17, 15) is 0 Å². The molecule has 0 bridgehead atoms. The number of rotatable bonds is 2. The number of nitrogens with one attached hydrogen (secondary N) is 1. The second-order valence-corrected chi connectivity index (χ2v) is 6.82. The van der Waals surface area contributed by atoms with Crippen LogP contribution in [0.4, 0.5) is 0 Å². The fourth-order valence-electron chi connectivity index (χ4n) is 2.14. The van der Waals surface area contributed by atoms with Crippen LogP contribution in [-0.2, 0) is 0 Å². The largest absolute Gasteiger partial charge is 0.306 e. The molecule has 3 rings (SSSR count). The molecule has 3 aromatic rings. The lowest BCUT2D eigenvalue weighted by Gasteiger charge is -2.23. The van der Waals surface area contributed by atoms with Crippen LogP contribution in [-0.4, -0.2) is 19.8 Å². The SMILES string of the molecule is CC(C)(C)Nn1ccc2nc(-c3ccc(Cl)cc3Cl)cn21. The van der Waals surface area contributed by atoms with Crippen LogP contribution in [0, 0.1) is 0 Å². The highest BCUT2D eigenvalue weighted by molar-refractivity contribution is 6.36. The Balaban J connectivity index is 2.05. The molecule has 0 saturated heterocycles. The minimum Gasteiger partial charge on any atom is -0.306 e. The molecule has 110 valence electrons. The predicted octanol–water partition coefficient (Wildman–Crippen LogP) is 4.45. The van der Waals surface area contributed by atoms with Crippen LogP contribution in [0.25, 0.3) is 16.9 Å². The van der Waals surface area contributed by atoms with Crippen LogP contribution in [0.3, 0.4) is 0 Å². The summed E-state index contributed by atoms with van der Waals surface area (Å²) in [6.07, 6.45) is 3.89. The third-order valence-electron chi connectivity index (χ3n) is 2.97. The van der Waals surface area contributed by atoms with Crippen molar-refractivity contribution in [3.05, 3.63) is 46.7 Å². The molecule has 21 heavy (non-hydrogen) atoms. The molecule has 0 spiro atoms. The Bertz CT molecular complexity index is 796. The number of imidazole rings is 1. The molecule has 6 heteroatoms. The smallest absolute Gasteiger partial charge is 0.155 e. The molecular formula is C15H16Cl2N4. The highest BCUT2D eigenvalue weighted by atomic mass is 35.5. The highest BCUT2D eigenvalue weighted by Crippen LogP contribution is 2.29. The van der Waals surface area contributed by atoms with Gasteiger partial charge in [-0.2, -0.15) is 0 Å². The van der Waals surface area contributed by atoms with E-state index < -0.39 is 0 Å². The van der Waals surface area contributed by atoms with Crippen molar-refractivity contribution < 1.29 is 0 Å². The van der Waals surface area contributed by atoms with Gasteiger partial charge in [0, 0.05) is 28.4 Å². The summed E-state index contributed by atoms with van der Waals surface area (Å²) >= 11 is 12.2. The van der Waals surface area contributed by atoms with Crippen molar-refractivity contribution in [1.82, 2.24) is 14.3 Å². The zero-order valence-corrected chi connectivity index (χ0v) is 13.6. The summed E-state index contributed by atoms with van der Waals surface area (Å²) in [5.74, 6) is 0.